The predicted molar refractivity (Wildman–Crippen MR) is 78.2 cm³/mol. The number of anilines is 1. The molecule has 2 rings (SSSR count). The van der Waals surface area contributed by atoms with Crippen LogP contribution in [0.15, 0.2) is 6.07 Å². The van der Waals surface area contributed by atoms with Crippen LogP contribution in [0.5, 0.6) is 0 Å². The molecular weight excluding hydrogens is 272 g/mol. The lowest BCUT2D eigenvalue weighted by molar-refractivity contribution is 0.0588. The van der Waals surface area contributed by atoms with Gasteiger partial charge in [0.15, 0.2) is 5.82 Å². The number of nitrogens with one attached hydrogen (secondary N) is 1. The number of aryl methyl sites for hydroxylation is 1. The molecule has 116 valence electrons. The van der Waals surface area contributed by atoms with Crippen molar-refractivity contribution in [2.75, 3.05) is 25.5 Å². The van der Waals surface area contributed by atoms with Gasteiger partial charge in [0, 0.05) is 26.2 Å². The van der Waals surface area contributed by atoms with E-state index in [4.69, 9.17) is 0 Å². The normalized spacial score (nSPS) is 16.0. The monoisotopic (exact) mass is 294 g/mol. The van der Waals surface area contributed by atoms with Crippen LogP contribution >= 0.6 is 0 Å². The van der Waals surface area contributed by atoms with Crippen LogP contribution in [-0.4, -0.2) is 46.9 Å². The van der Waals surface area contributed by atoms with Gasteiger partial charge in [-0.2, -0.15) is 5.10 Å². The molecule has 0 saturated carbocycles. The van der Waals surface area contributed by atoms with Gasteiger partial charge in [-0.15, -0.1) is 0 Å². The summed E-state index contributed by atoms with van der Waals surface area (Å²) in [5.74, 6) is -0.110. The van der Waals surface area contributed by atoms with E-state index >= 15 is 0 Å². The molecule has 0 aliphatic carbocycles. The van der Waals surface area contributed by atoms with Crippen LogP contribution < -0.4 is 5.32 Å². The van der Waals surface area contributed by atoms with Gasteiger partial charge < -0.3 is 9.64 Å². The molecule has 1 fully saturated rings. The number of hydrogen-bond acceptors (Lipinski definition) is 4. The van der Waals surface area contributed by atoms with Crippen molar-refractivity contribution in [3.05, 3.63) is 11.8 Å². The Morgan fingerprint density at radius 1 is 1.19 bits per heavy atom. The van der Waals surface area contributed by atoms with Gasteiger partial charge in [0.2, 0.25) is 0 Å². The van der Waals surface area contributed by atoms with Crippen LogP contribution in [0.3, 0.4) is 0 Å². The highest BCUT2D eigenvalue weighted by Crippen LogP contribution is 2.13. The minimum Gasteiger partial charge on any atom is -0.464 e. The van der Waals surface area contributed by atoms with Crippen LogP contribution in [0.4, 0.5) is 10.6 Å². The minimum absolute atomic E-state index is 0.161. The molecule has 2 heterocycles. The van der Waals surface area contributed by atoms with Gasteiger partial charge >= 0.3 is 12.0 Å². The molecule has 0 bridgehead atoms. The van der Waals surface area contributed by atoms with E-state index in [9.17, 15) is 9.59 Å². The number of aromatic nitrogens is 2. The molecule has 0 spiro atoms. The van der Waals surface area contributed by atoms with E-state index in [1.54, 1.807) is 7.05 Å². The lowest BCUT2D eigenvalue weighted by atomic mass is 10.1. The number of rotatable bonds is 2. The molecule has 1 aromatic heterocycles. The summed E-state index contributed by atoms with van der Waals surface area (Å²) in [7, 11) is 2.95. The maximum atomic E-state index is 12.2. The maximum Gasteiger partial charge on any atom is 0.356 e. The number of nitrogens with zero attached hydrogens (tertiary/aromatic N) is 3. The van der Waals surface area contributed by atoms with E-state index in [0.717, 1.165) is 25.9 Å². The highest BCUT2D eigenvalue weighted by atomic mass is 16.5. The second-order valence-electron chi connectivity index (χ2n) is 5.21. The number of amides is 2. The molecule has 7 nitrogen and oxygen atoms in total. The van der Waals surface area contributed by atoms with Crippen LogP contribution in [0.1, 0.15) is 42.6 Å². The maximum absolute atomic E-state index is 12.2. The highest BCUT2D eigenvalue weighted by molar-refractivity contribution is 5.92. The summed E-state index contributed by atoms with van der Waals surface area (Å²) in [6.45, 7) is 1.53. The number of urea groups is 1. The van der Waals surface area contributed by atoms with Gasteiger partial charge in [0.25, 0.3) is 0 Å². The third kappa shape index (κ3) is 3.96. The first-order valence-corrected chi connectivity index (χ1v) is 7.30. The summed E-state index contributed by atoms with van der Waals surface area (Å²) >= 11 is 0. The van der Waals surface area contributed by atoms with E-state index in [0.29, 0.717) is 11.5 Å². The Balaban J connectivity index is 1.99. The Labute approximate surface area is 124 Å². The molecular formula is C14H22N4O3. The average molecular weight is 294 g/mol. The predicted octanol–water partition coefficient (Wildman–Crippen LogP) is 2.00. The molecule has 1 aliphatic rings. The first-order valence-electron chi connectivity index (χ1n) is 7.30. The van der Waals surface area contributed by atoms with E-state index in [2.05, 4.69) is 15.2 Å². The molecule has 21 heavy (non-hydrogen) atoms. The second-order valence-corrected chi connectivity index (χ2v) is 5.21. The average Bonchev–Trinajstić information content (AvgIpc) is 2.78. The fourth-order valence-electron chi connectivity index (χ4n) is 2.46. The summed E-state index contributed by atoms with van der Waals surface area (Å²) in [5.41, 5.74) is 0.306. The third-order valence-corrected chi connectivity index (χ3v) is 3.65. The lowest BCUT2D eigenvalue weighted by Crippen LogP contribution is -2.37. The molecule has 0 radical (unpaired) electrons. The van der Waals surface area contributed by atoms with Crippen molar-refractivity contribution in [1.82, 2.24) is 14.7 Å². The van der Waals surface area contributed by atoms with Crippen molar-refractivity contribution < 1.29 is 14.3 Å². The lowest BCUT2D eigenvalue weighted by Gasteiger charge is -2.24. The number of hydrogen-bond donors (Lipinski definition) is 1. The van der Waals surface area contributed by atoms with Gasteiger partial charge in [0.05, 0.1) is 7.11 Å². The van der Waals surface area contributed by atoms with Crippen LogP contribution in [-0.2, 0) is 11.8 Å². The molecule has 0 unspecified atom stereocenters. The number of carbonyl (C=O) groups is 2. The zero-order valence-electron chi connectivity index (χ0n) is 12.6. The quantitative estimate of drug-likeness (QED) is 0.846. The second kappa shape index (κ2) is 7.10. The summed E-state index contributed by atoms with van der Waals surface area (Å²) in [4.78, 5) is 25.6. The zero-order valence-corrected chi connectivity index (χ0v) is 12.6. The van der Waals surface area contributed by atoms with Crippen molar-refractivity contribution in [2.24, 2.45) is 7.05 Å². The standard InChI is InChI=1S/C14H22N4O3/c1-17-11(13(19)21-2)10-12(16-17)15-14(20)18-8-6-4-3-5-7-9-18/h10H,3-9H2,1-2H3,(H,15,16,20). The third-order valence-electron chi connectivity index (χ3n) is 3.65. The molecule has 0 aromatic carbocycles. The zero-order chi connectivity index (χ0) is 15.2. The smallest absolute Gasteiger partial charge is 0.356 e. The van der Waals surface area contributed by atoms with Gasteiger partial charge in [-0.25, -0.2) is 9.59 Å². The Bertz CT molecular complexity index is 504. The van der Waals surface area contributed by atoms with Crippen LogP contribution in [0.25, 0.3) is 0 Å². The Hall–Kier alpha value is -2.05. The highest BCUT2D eigenvalue weighted by Gasteiger charge is 2.18. The van der Waals surface area contributed by atoms with Crippen molar-refractivity contribution in [3.63, 3.8) is 0 Å². The number of likely N-dealkylation sites (tertiary alicyclic amines) is 1. The van der Waals surface area contributed by atoms with Gasteiger partial charge in [-0.05, 0) is 12.8 Å². The molecule has 7 heteroatoms. The largest absolute Gasteiger partial charge is 0.464 e. The molecule has 1 N–H and O–H groups in total. The first-order chi connectivity index (χ1) is 10.1. The summed E-state index contributed by atoms with van der Waals surface area (Å²) in [6.07, 6.45) is 5.64. The van der Waals surface area contributed by atoms with E-state index in [1.165, 1.54) is 37.1 Å². The van der Waals surface area contributed by atoms with Gasteiger partial charge in [0.1, 0.15) is 5.69 Å². The van der Waals surface area contributed by atoms with Gasteiger partial charge in [-0.3, -0.25) is 10.00 Å². The summed E-state index contributed by atoms with van der Waals surface area (Å²) in [6, 6.07) is 1.36. The van der Waals surface area contributed by atoms with Crippen LogP contribution in [0.2, 0.25) is 0 Å². The fraction of sp³-hybridized carbons (Fsp3) is 0.643. The van der Waals surface area contributed by atoms with Crippen LogP contribution in [0, 0.1) is 0 Å². The molecule has 1 aromatic rings. The van der Waals surface area contributed by atoms with E-state index < -0.39 is 5.97 Å². The Morgan fingerprint density at radius 2 is 1.81 bits per heavy atom. The van der Waals surface area contributed by atoms with E-state index in [1.807, 2.05) is 4.90 Å². The summed E-state index contributed by atoms with van der Waals surface area (Å²) < 4.78 is 6.06. The van der Waals surface area contributed by atoms with E-state index in [-0.39, 0.29) is 6.03 Å². The number of methoxy groups -OCH3 is 1. The number of esters is 1. The van der Waals surface area contributed by atoms with Crippen molar-refractivity contribution in [1.29, 1.82) is 0 Å². The first kappa shape index (κ1) is 15.3. The molecule has 0 atom stereocenters. The Morgan fingerprint density at radius 3 is 2.43 bits per heavy atom. The van der Waals surface area contributed by atoms with Crippen molar-refractivity contribution in [3.8, 4) is 0 Å². The minimum atomic E-state index is -0.475. The summed E-state index contributed by atoms with van der Waals surface area (Å²) in [5, 5.41) is 6.86. The number of ether oxygens (including phenoxy) is 1. The SMILES string of the molecule is COC(=O)c1cc(NC(=O)N2CCCCCCC2)nn1C. The molecule has 1 saturated heterocycles. The van der Waals surface area contributed by atoms with Crippen molar-refractivity contribution in [2.45, 2.75) is 32.1 Å². The number of carbonyl (C=O) groups excluding carboxylic acids is 2. The topological polar surface area (TPSA) is 76.5 Å². The van der Waals surface area contributed by atoms with Gasteiger partial charge in [-0.1, -0.05) is 19.3 Å². The molecule has 1 aliphatic heterocycles. The Kier molecular flexibility index (Phi) is 5.19. The fourth-order valence-corrected chi connectivity index (χ4v) is 2.46. The molecule has 2 amide bonds. The van der Waals surface area contributed by atoms with Crippen molar-refractivity contribution >= 4 is 17.8 Å².